The van der Waals surface area contributed by atoms with E-state index in [0.717, 1.165) is 36.5 Å². The van der Waals surface area contributed by atoms with Gasteiger partial charge in [-0.2, -0.15) is 0 Å². The van der Waals surface area contributed by atoms with Crippen molar-refractivity contribution >= 4 is 58.6 Å². The van der Waals surface area contributed by atoms with Crippen molar-refractivity contribution in [2.75, 3.05) is 18.5 Å². The summed E-state index contributed by atoms with van der Waals surface area (Å²) >= 11 is 1.30. The summed E-state index contributed by atoms with van der Waals surface area (Å²) in [5.41, 5.74) is -4.09. The number of halogens is 2. The topological polar surface area (TPSA) is 247 Å². The van der Waals surface area contributed by atoms with Crippen LogP contribution in [0, 0.1) is 22.7 Å². The first-order chi connectivity index (χ1) is 34.9. The number of ketones is 2. The number of benzene rings is 2. The van der Waals surface area contributed by atoms with Crippen LogP contribution in [0.3, 0.4) is 0 Å². The number of hydrogen-bond donors (Lipinski definition) is 7. The van der Waals surface area contributed by atoms with Gasteiger partial charge in [-0.3, -0.25) is 33.6 Å². The Morgan fingerprint density at radius 3 is 2.18 bits per heavy atom. The molecule has 1 heterocycles. The zero-order valence-electron chi connectivity index (χ0n) is 43.0. The highest BCUT2D eigenvalue weighted by Gasteiger charge is 2.80. The molecule has 402 valence electrons. The number of aliphatic hydroxyl groups excluding tert-OH is 2. The van der Waals surface area contributed by atoms with Gasteiger partial charge in [0.2, 0.25) is 23.6 Å². The first kappa shape index (κ1) is 56.4. The number of aliphatic hydroxyl groups is 2. The zero-order chi connectivity index (χ0) is 54.1. The third-order valence-electron chi connectivity index (χ3n) is 16.5. The van der Waals surface area contributed by atoms with Gasteiger partial charge in [0, 0.05) is 52.1 Å². The number of carbonyl (C=O) groups is 7. The largest absolute Gasteiger partial charge is 0.481 e. The molecule has 3 saturated carbocycles. The number of thioether (sulfide) groups is 1. The molecule has 7 rings (SSSR count). The van der Waals surface area contributed by atoms with Crippen LogP contribution in [0.25, 0.3) is 0 Å². The number of anilines is 1. The maximum atomic E-state index is 17.8. The van der Waals surface area contributed by atoms with Gasteiger partial charge in [-0.05, 0) is 93.4 Å². The van der Waals surface area contributed by atoms with Crippen LogP contribution in [0.1, 0.15) is 129 Å². The van der Waals surface area contributed by atoms with Crippen LogP contribution >= 0.6 is 11.8 Å². The molecule has 19 heteroatoms. The van der Waals surface area contributed by atoms with Gasteiger partial charge < -0.3 is 46.1 Å². The van der Waals surface area contributed by atoms with Crippen LogP contribution in [0.2, 0.25) is 0 Å². The molecule has 2 aromatic rings. The summed E-state index contributed by atoms with van der Waals surface area (Å²) in [4.78, 5) is 89.0. The molecule has 4 amide bonds. The fourth-order valence-electron chi connectivity index (χ4n) is 12.4. The van der Waals surface area contributed by atoms with Crippen molar-refractivity contribution in [3.63, 3.8) is 0 Å². The number of carboxylic acids is 1. The van der Waals surface area contributed by atoms with E-state index in [1.54, 1.807) is 19.1 Å². The lowest BCUT2D eigenvalue weighted by Crippen LogP contribution is -2.70. The fourth-order valence-corrected chi connectivity index (χ4v) is 13.7. The van der Waals surface area contributed by atoms with Crippen molar-refractivity contribution < 1.29 is 67.1 Å². The lowest BCUT2D eigenvalue weighted by atomic mass is 9.44. The predicted octanol–water partition coefficient (Wildman–Crippen LogP) is 6.09. The SMILES string of the molecule is CCCCC(C)SC(CC(=O)O)C(=O)NCCC(=O)N[C@@H](C)C(=O)N[C@@H](C)C(=O)Nc1ccc([C@H](C)c2ccc([C@@H]3O[C@@H]4C[C@H]5[C@@H]6C[C@H](F)C7=CC(=O)C=C[C@]7(C)[C@@]6(F)[C@@H](O)C[C@]5(C)[C@]4(C(=O)CO)O3)cc2)cc1. The fraction of sp³-hybridized carbons (Fsp3) is 0.582. The number of allylic oxidation sites excluding steroid dienone is 4. The third kappa shape index (κ3) is 10.6. The van der Waals surface area contributed by atoms with Crippen molar-refractivity contribution in [3.05, 3.63) is 89.0 Å². The summed E-state index contributed by atoms with van der Waals surface area (Å²) < 4.78 is 46.9. The van der Waals surface area contributed by atoms with E-state index >= 15 is 8.78 Å². The minimum atomic E-state index is -2.36. The number of alkyl halides is 2. The number of fused-ring (bicyclic) bond motifs is 7. The van der Waals surface area contributed by atoms with Gasteiger partial charge in [0.15, 0.2) is 29.1 Å². The average molecular weight is 1050 g/mol. The van der Waals surface area contributed by atoms with Gasteiger partial charge >= 0.3 is 5.97 Å². The van der Waals surface area contributed by atoms with Gasteiger partial charge in [-0.25, -0.2) is 8.78 Å². The summed E-state index contributed by atoms with van der Waals surface area (Å²) in [5, 5.41) is 41.3. The van der Waals surface area contributed by atoms with E-state index in [1.807, 2.05) is 50.2 Å². The molecule has 5 aliphatic rings. The van der Waals surface area contributed by atoms with Crippen molar-refractivity contribution in [1.29, 1.82) is 0 Å². The smallest absolute Gasteiger partial charge is 0.305 e. The summed E-state index contributed by atoms with van der Waals surface area (Å²) in [5.74, 6) is -6.16. The number of nitrogens with one attached hydrogen (secondary N) is 4. The molecule has 0 aromatic heterocycles. The number of hydrogen-bond acceptors (Lipinski definition) is 12. The average Bonchev–Trinajstić information content (AvgIpc) is 3.86. The Balaban J connectivity index is 0.907. The summed E-state index contributed by atoms with van der Waals surface area (Å²) in [6.07, 6.45) is 0.281. The molecule has 4 fully saturated rings. The van der Waals surface area contributed by atoms with Crippen LogP contribution in [-0.4, -0.2) is 122 Å². The molecule has 0 bridgehead atoms. The van der Waals surface area contributed by atoms with E-state index in [2.05, 4.69) is 28.2 Å². The van der Waals surface area contributed by atoms with Crippen molar-refractivity contribution in [1.82, 2.24) is 16.0 Å². The highest BCUT2D eigenvalue weighted by molar-refractivity contribution is 8.01. The normalized spacial score (nSPS) is 31.7. The van der Waals surface area contributed by atoms with Gasteiger partial charge in [-0.15, -0.1) is 11.8 Å². The van der Waals surface area contributed by atoms with Crippen LogP contribution in [0.15, 0.2) is 72.3 Å². The molecule has 0 radical (unpaired) electrons. The minimum Gasteiger partial charge on any atom is -0.481 e. The van der Waals surface area contributed by atoms with E-state index in [1.165, 1.54) is 44.7 Å². The lowest BCUT2D eigenvalue weighted by Gasteiger charge is -2.63. The Kier molecular flexibility index (Phi) is 17.1. The number of aliphatic carboxylic acids is 1. The van der Waals surface area contributed by atoms with Crippen molar-refractivity contribution in [3.8, 4) is 0 Å². The van der Waals surface area contributed by atoms with Crippen molar-refractivity contribution in [2.45, 2.75) is 164 Å². The number of amides is 4. The van der Waals surface area contributed by atoms with E-state index in [4.69, 9.17) is 9.47 Å². The van der Waals surface area contributed by atoms with E-state index < -0.39 is 124 Å². The number of Topliss-reactive ketones (excluding diaryl/α,β-unsaturated/α-hetero) is 1. The summed E-state index contributed by atoms with van der Waals surface area (Å²) in [6.45, 7) is 11.3. The first-order valence-corrected chi connectivity index (χ1v) is 26.6. The number of rotatable bonds is 21. The standard InChI is InChI=1S/C55H70F2N4O12S/c1-8-9-10-29(2)74-42(26-47(67)68)50(71)58-22-20-46(66)59-31(4)48(69)60-32(5)49(70)61-36-17-15-34(16-18-36)30(3)33-11-13-35(14-12-33)51-72-45-25-38-39-24-41(56)40-23-37(63)19-21-52(40,6)54(39,57)43(64)27-53(38,7)55(45,73-51)44(65)28-62/h11-19,21,23,29-32,38-39,41-43,45,51,62,64H,8-10,20,22,24-28H2,1-7H3,(H,58,71)(H,59,66)(H,60,69)(H,61,70)(H,67,68)/t29?,30-,31+,32+,38+,39+,41+,42?,43+,45-,51-,52+,53+,54+,55-/m1/s1. The quantitative estimate of drug-likeness (QED) is 0.0749. The molecule has 16 nitrogen and oxygen atoms in total. The van der Waals surface area contributed by atoms with Crippen LogP contribution in [-0.2, 0) is 43.0 Å². The van der Waals surface area contributed by atoms with Crippen LogP contribution in [0.4, 0.5) is 14.5 Å². The molecular weight excluding hydrogens is 979 g/mol. The Morgan fingerprint density at radius 2 is 1.54 bits per heavy atom. The Morgan fingerprint density at radius 1 is 0.892 bits per heavy atom. The molecule has 7 N–H and O–H groups in total. The second kappa shape index (κ2) is 22.5. The maximum Gasteiger partial charge on any atom is 0.305 e. The molecule has 74 heavy (non-hydrogen) atoms. The van der Waals surface area contributed by atoms with E-state index in [0.29, 0.717) is 11.3 Å². The molecular formula is C55H70F2N4O12S. The predicted molar refractivity (Wildman–Crippen MR) is 272 cm³/mol. The van der Waals surface area contributed by atoms with Gasteiger partial charge in [0.05, 0.1) is 23.9 Å². The van der Waals surface area contributed by atoms with Crippen LogP contribution in [0.5, 0.6) is 0 Å². The number of unbranched alkanes of at least 4 members (excludes halogenated alkanes) is 1. The van der Waals surface area contributed by atoms with Gasteiger partial charge in [0.1, 0.15) is 24.9 Å². The third-order valence-corrected chi connectivity index (χ3v) is 17.9. The Labute approximate surface area is 434 Å². The minimum absolute atomic E-state index is 0.00207. The maximum absolute atomic E-state index is 17.8. The highest BCUT2D eigenvalue weighted by atomic mass is 32.2. The molecule has 1 saturated heterocycles. The van der Waals surface area contributed by atoms with E-state index in [-0.39, 0.29) is 55.4 Å². The number of carboxylic acid groups (broad SMARTS) is 1. The molecule has 1 aliphatic heterocycles. The molecule has 2 unspecified atom stereocenters. The number of carbonyl (C=O) groups excluding carboxylic acids is 6. The monoisotopic (exact) mass is 1050 g/mol. The van der Waals surface area contributed by atoms with Crippen molar-refractivity contribution in [2.24, 2.45) is 22.7 Å². The molecule has 15 atom stereocenters. The Hall–Kier alpha value is -5.34. The number of ether oxygens (including phenoxy) is 2. The molecule has 2 aromatic carbocycles. The molecule has 4 aliphatic carbocycles. The van der Waals surface area contributed by atoms with Gasteiger partial charge in [-0.1, -0.05) is 83.0 Å². The van der Waals surface area contributed by atoms with Gasteiger partial charge in [0.25, 0.3) is 0 Å². The highest BCUT2D eigenvalue weighted by Crippen LogP contribution is 2.72. The lowest BCUT2D eigenvalue weighted by molar-refractivity contribution is -0.235. The van der Waals surface area contributed by atoms with Crippen LogP contribution < -0.4 is 21.3 Å². The summed E-state index contributed by atoms with van der Waals surface area (Å²) in [6, 6.07) is 12.6. The second-order valence-corrected chi connectivity index (χ2v) is 22.9. The van der Waals surface area contributed by atoms with E-state index in [9.17, 15) is 48.9 Å². The zero-order valence-corrected chi connectivity index (χ0v) is 43.8. The Bertz CT molecular complexity index is 2550. The first-order valence-electron chi connectivity index (χ1n) is 25.6. The molecule has 0 spiro atoms. The summed E-state index contributed by atoms with van der Waals surface area (Å²) in [7, 11) is 0. The second-order valence-electron chi connectivity index (χ2n) is 21.2.